The van der Waals surface area contributed by atoms with Gasteiger partial charge in [0.1, 0.15) is 5.82 Å². The molecule has 0 atom stereocenters. The molecule has 6 heteroatoms. The Kier molecular flexibility index (Phi) is 3.10. The number of halogens is 1. The normalized spacial score (nSPS) is 10.4. The summed E-state index contributed by atoms with van der Waals surface area (Å²) >= 11 is 0. The molecule has 5 nitrogen and oxygen atoms in total. The first kappa shape index (κ1) is 12.2. The summed E-state index contributed by atoms with van der Waals surface area (Å²) in [5.41, 5.74) is 7.14. The first-order chi connectivity index (χ1) is 8.47. The molecule has 0 unspecified atom stereocenters. The molecule has 18 heavy (non-hydrogen) atoms. The molecule has 0 aliphatic rings. The molecule has 0 saturated carbocycles. The maximum absolute atomic E-state index is 13.3. The topological polar surface area (TPSA) is 67.9 Å². The van der Waals surface area contributed by atoms with Crippen LogP contribution in [0, 0.1) is 12.7 Å². The Morgan fingerprint density at radius 1 is 1.17 bits per heavy atom. The van der Waals surface area contributed by atoms with Gasteiger partial charge in [0.2, 0.25) is 11.9 Å². The highest BCUT2D eigenvalue weighted by molar-refractivity contribution is 5.62. The molecule has 94 valence electrons. The van der Waals surface area contributed by atoms with Gasteiger partial charge in [0.05, 0.1) is 0 Å². The zero-order chi connectivity index (χ0) is 13.3. The third-order valence-corrected chi connectivity index (χ3v) is 2.48. The van der Waals surface area contributed by atoms with E-state index in [-0.39, 0.29) is 11.8 Å². The highest BCUT2D eigenvalue weighted by atomic mass is 19.1. The van der Waals surface area contributed by atoms with E-state index < -0.39 is 0 Å². The molecule has 0 spiro atoms. The summed E-state index contributed by atoms with van der Waals surface area (Å²) in [5.74, 6) is 0.609. The summed E-state index contributed by atoms with van der Waals surface area (Å²) in [7, 11) is 3.61. The molecule has 0 bridgehead atoms. The first-order valence-corrected chi connectivity index (χ1v) is 5.43. The Bertz CT molecular complexity index is 583. The van der Waals surface area contributed by atoms with Crippen molar-refractivity contribution < 1.29 is 4.39 Å². The van der Waals surface area contributed by atoms with Crippen molar-refractivity contribution in [1.82, 2.24) is 15.0 Å². The van der Waals surface area contributed by atoms with E-state index in [1.807, 2.05) is 6.92 Å². The molecular formula is C12H14FN5. The SMILES string of the molecule is Cc1ccc(F)cc1-c1nc(N)nc(N(C)C)n1. The highest BCUT2D eigenvalue weighted by Gasteiger charge is 2.11. The zero-order valence-corrected chi connectivity index (χ0v) is 10.5. The molecule has 0 amide bonds. The molecule has 1 heterocycles. The lowest BCUT2D eigenvalue weighted by atomic mass is 10.1. The number of aromatic nitrogens is 3. The van der Waals surface area contributed by atoms with Gasteiger partial charge in [0, 0.05) is 19.7 Å². The van der Waals surface area contributed by atoms with E-state index in [4.69, 9.17) is 5.73 Å². The maximum Gasteiger partial charge on any atom is 0.230 e. The van der Waals surface area contributed by atoms with Gasteiger partial charge >= 0.3 is 0 Å². The summed E-state index contributed by atoms with van der Waals surface area (Å²) in [4.78, 5) is 14.0. The number of nitrogens with zero attached hydrogens (tertiary/aromatic N) is 4. The van der Waals surface area contributed by atoms with Crippen LogP contribution in [0.2, 0.25) is 0 Å². The smallest absolute Gasteiger partial charge is 0.230 e. The molecular weight excluding hydrogens is 233 g/mol. The Hall–Kier alpha value is -2.24. The van der Waals surface area contributed by atoms with Crippen LogP contribution in [0.5, 0.6) is 0 Å². The minimum atomic E-state index is -0.332. The van der Waals surface area contributed by atoms with E-state index in [1.54, 1.807) is 25.1 Å². The quantitative estimate of drug-likeness (QED) is 0.873. The number of nitrogen functional groups attached to an aromatic ring is 1. The maximum atomic E-state index is 13.3. The zero-order valence-electron chi connectivity index (χ0n) is 10.5. The second-order valence-corrected chi connectivity index (χ2v) is 4.17. The van der Waals surface area contributed by atoms with Gasteiger partial charge in [-0.25, -0.2) is 4.39 Å². The highest BCUT2D eigenvalue weighted by Crippen LogP contribution is 2.22. The van der Waals surface area contributed by atoms with Gasteiger partial charge in [-0.05, 0) is 24.6 Å². The van der Waals surface area contributed by atoms with E-state index >= 15 is 0 Å². The number of rotatable bonds is 2. The second-order valence-electron chi connectivity index (χ2n) is 4.17. The first-order valence-electron chi connectivity index (χ1n) is 5.43. The number of hydrogen-bond donors (Lipinski definition) is 1. The molecule has 0 radical (unpaired) electrons. The predicted octanol–water partition coefficient (Wildman–Crippen LogP) is 1.63. The van der Waals surface area contributed by atoms with E-state index in [1.165, 1.54) is 12.1 Å². The number of anilines is 2. The Balaban J connectivity index is 2.60. The van der Waals surface area contributed by atoms with Crippen molar-refractivity contribution in [3.8, 4) is 11.4 Å². The van der Waals surface area contributed by atoms with Crippen LogP contribution in [0.1, 0.15) is 5.56 Å². The van der Waals surface area contributed by atoms with E-state index in [0.29, 0.717) is 17.3 Å². The van der Waals surface area contributed by atoms with Crippen molar-refractivity contribution in [1.29, 1.82) is 0 Å². The molecule has 1 aromatic carbocycles. The molecule has 0 fully saturated rings. The fraction of sp³-hybridized carbons (Fsp3) is 0.250. The van der Waals surface area contributed by atoms with Crippen molar-refractivity contribution in [3.63, 3.8) is 0 Å². The van der Waals surface area contributed by atoms with Crippen LogP contribution in [-0.4, -0.2) is 29.0 Å². The van der Waals surface area contributed by atoms with Gasteiger partial charge in [-0.3, -0.25) is 0 Å². The van der Waals surface area contributed by atoms with Gasteiger partial charge in [-0.2, -0.15) is 15.0 Å². The molecule has 0 aliphatic heterocycles. The molecule has 2 N–H and O–H groups in total. The number of hydrogen-bond acceptors (Lipinski definition) is 5. The van der Waals surface area contributed by atoms with E-state index in [9.17, 15) is 4.39 Å². The van der Waals surface area contributed by atoms with Gasteiger partial charge in [-0.1, -0.05) is 6.07 Å². The number of nitrogens with two attached hydrogens (primary N) is 1. The molecule has 2 rings (SSSR count). The largest absolute Gasteiger partial charge is 0.368 e. The van der Waals surface area contributed by atoms with Gasteiger partial charge in [0.25, 0.3) is 0 Å². The van der Waals surface area contributed by atoms with Crippen LogP contribution in [0.15, 0.2) is 18.2 Å². The Morgan fingerprint density at radius 2 is 1.89 bits per heavy atom. The van der Waals surface area contributed by atoms with Crippen LogP contribution in [0.25, 0.3) is 11.4 Å². The third-order valence-electron chi connectivity index (χ3n) is 2.48. The minimum Gasteiger partial charge on any atom is -0.368 e. The van der Waals surface area contributed by atoms with Crippen LogP contribution in [0.3, 0.4) is 0 Å². The lowest BCUT2D eigenvalue weighted by molar-refractivity contribution is 0.627. The minimum absolute atomic E-state index is 0.118. The van der Waals surface area contributed by atoms with Gasteiger partial charge in [0.15, 0.2) is 5.82 Å². The van der Waals surface area contributed by atoms with Crippen LogP contribution < -0.4 is 10.6 Å². The average molecular weight is 247 g/mol. The van der Waals surface area contributed by atoms with Crippen molar-refractivity contribution in [2.75, 3.05) is 24.7 Å². The molecule has 2 aromatic rings. The molecule has 0 aliphatic carbocycles. The van der Waals surface area contributed by atoms with Crippen molar-refractivity contribution in [2.45, 2.75) is 6.92 Å². The number of benzene rings is 1. The summed E-state index contributed by atoms with van der Waals surface area (Å²) in [5, 5.41) is 0. The van der Waals surface area contributed by atoms with E-state index in [0.717, 1.165) is 5.56 Å². The lowest BCUT2D eigenvalue weighted by Crippen LogP contribution is -2.15. The van der Waals surface area contributed by atoms with Gasteiger partial charge in [-0.15, -0.1) is 0 Å². The van der Waals surface area contributed by atoms with Gasteiger partial charge < -0.3 is 10.6 Å². The molecule has 1 aromatic heterocycles. The predicted molar refractivity (Wildman–Crippen MR) is 68.7 cm³/mol. The lowest BCUT2D eigenvalue weighted by Gasteiger charge is -2.12. The van der Waals surface area contributed by atoms with E-state index in [2.05, 4.69) is 15.0 Å². The van der Waals surface area contributed by atoms with Crippen molar-refractivity contribution in [3.05, 3.63) is 29.6 Å². The summed E-state index contributed by atoms with van der Waals surface area (Å²) < 4.78 is 13.3. The Labute approximate surface area is 105 Å². The average Bonchev–Trinajstić information content (AvgIpc) is 2.31. The fourth-order valence-electron chi connectivity index (χ4n) is 1.54. The third kappa shape index (κ3) is 2.37. The Morgan fingerprint density at radius 3 is 2.56 bits per heavy atom. The summed E-state index contributed by atoms with van der Waals surface area (Å²) in [6, 6.07) is 4.47. The standard InChI is InChI=1S/C12H14FN5/c1-7-4-5-8(13)6-9(7)10-15-11(14)17-12(16-10)18(2)3/h4-6H,1-3H3,(H2,14,15,16,17). The van der Waals surface area contributed by atoms with Crippen molar-refractivity contribution >= 4 is 11.9 Å². The fourth-order valence-corrected chi connectivity index (χ4v) is 1.54. The van der Waals surface area contributed by atoms with Crippen LogP contribution >= 0.6 is 0 Å². The monoisotopic (exact) mass is 247 g/mol. The summed E-state index contributed by atoms with van der Waals surface area (Å²) in [6.45, 7) is 1.87. The summed E-state index contributed by atoms with van der Waals surface area (Å²) in [6.07, 6.45) is 0. The second kappa shape index (κ2) is 4.56. The van der Waals surface area contributed by atoms with Crippen LogP contribution in [-0.2, 0) is 0 Å². The number of aryl methyl sites for hydroxylation is 1. The van der Waals surface area contributed by atoms with Crippen molar-refractivity contribution in [2.24, 2.45) is 0 Å². The molecule has 0 saturated heterocycles. The van der Waals surface area contributed by atoms with Crippen LogP contribution in [0.4, 0.5) is 16.3 Å².